The first-order chi connectivity index (χ1) is 13.8. The first kappa shape index (κ1) is 21.9. The largest absolute Gasteiger partial charge is 0.385 e. The summed E-state index contributed by atoms with van der Waals surface area (Å²) in [4.78, 5) is 17.1. The highest BCUT2D eigenvalue weighted by molar-refractivity contribution is 7.98. The highest BCUT2D eigenvalue weighted by Gasteiger charge is 2.50. The first-order valence-corrected chi connectivity index (χ1v) is 10.8. The minimum Gasteiger partial charge on any atom is -0.384 e. The number of hydrogen-bond acceptors (Lipinski definition) is 5. The Bertz CT molecular complexity index is 948. The standard InChI is InChI=1S/C18H18Cl2F2N4O2S/c1-29-7-6-26-14(15(21)22)9-13(24-26)16(27)28-25-17(23)18(4-5-18)11-3-2-10(19)8-12(11)20/h2-3,8-9,15H,4-7H2,1H3,(H2,23,25). The second-order valence-corrected chi connectivity index (χ2v) is 8.36. The van der Waals surface area contributed by atoms with E-state index in [0.29, 0.717) is 28.6 Å². The van der Waals surface area contributed by atoms with Crippen molar-refractivity contribution in [1.29, 1.82) is 0 Å². The fraction of sp³-hybridized carbons (Fsp3) is 0.389. The second kappa shape index (κ2) is 8.89. The van der Waals surface area contributed by atoms with Crippen molar-refractivity contribution in [2.45, 2.75) is 31.2 Å². The minimum absolute atomic E-state index is 0.0750. The molecule has 2 N–H and O–H groups in total. The highest BCUT2D eigenvalue weighted by atomic mass is 35.5. The van der Waals surface area contributed by atoms with Crippen LogP contribution in [0.3, 0.4) is 0 Å². The molecule has 2 aromatic rings. The van der Waals surface area contributed by atoms with Crippen LogP contribution < -0.4 is 5.73 Å². The predicted molar refractivity (Wildman–Crippen MR) is 110 cm³/mol. The van der Waals surface area contributed by atoms with Gasteiger partial charge in [0.2, 0.25) is 0 Å². The third-order valence-electron chi connectivity index (χ3n) is 4.66. The highest BCUT2D eigenvalue weighted by Crippen LogP contribution is 2.51. The molecule has 1 aliphatic carbocycles. The van der Waals surface area contributed by atoms with Gasteiger partial charge in [-0.15, -0.1) is 0 Å². The van der Waals surface area contributed by atoms with Gasteiger partial charge in [-0.05, 0) is 36.8 Å². The number of aryl methyl sites for hydroxylation is 1. The van der Waals surface area contributed by atoms with Gasteiger partial charge in [0.1, 0.15) is 5.69 Å². The Morgan fingerprint density at radius 2 is 2.14 bits per heavy atom. The van der Waals surface area contributed by atoms with Crippen molar-refractivity contribution in [2.24, 2.45) is 10.9 Å². The van der Waals surface area contributed by atoms with Crippen LogP contribution in [0.1, 0.15) is 41.0 Å². The Morgan fingerprint density at radius 1 is 1.41 bits per heavy atom. The van der Waals surface area contributed by atoms with Crippen LogP contribution in [0.5, 0.6) is 0 Å². The van der Waals surface area contributed by atoms with Crippen LogP contribution in [0.15, 0.2) is 29.4 Å². The summed E-state index contributed by atoms with van der Waals surface area (Å²) in [7, 11) is 0. The molecule has 0 aliphatic heterocycles. The molecule has 0 unspecified atom stereocenters. The number of alkyl halides is 2. The van der Waals surface area contributed by atoms with Gasteiger partial charge in [0.05, 0.1) is 12.0 Å². The number of hydrogen-bond donors (Lipinski definition) is 1. The molecule has 11 heteroatoms. The summed E-state index contributed by atoms with van der Waals surface area (Å²) in [6.07, 6.45) is 0.445. The van der Waals surface area contributed by atoms with Crippen molar-refractivity contribution in [1.82, 2.24) is 9.78 Å². The van der Waals surface area contributed by atoms with Gasteiger partial charge in [0, 0.05) is 21.9 Å². The maximum absolute atomic E-state index is 13.2. The summed E-state index contributed by atoms with van der Waals surface area (Å²) in [6.45, 7) is 0.248. The third kappa shape index (κ3) is 4.67. The third-order valence-corrected chi connectivity index (χ3v) is 5.80. The van der Waals surface area contributed by atoms with Gasteiger partial charge in [0.25, 0.3) is 6.43 Å². The van der Waals surface area contributed by atoms with Crippen molar-refractivity contribution in [2.75, 3.05) is 12.0 Å². The summed E-state index contributed by atoms with van der Waals surface area (Å²) in [5.74, 6) is -0.313. The molecule has 1 saturated carbocycles. The van der Waals surface area contributed by atoms with E-state index in [1.807, 2.05) is 6.26 Å². The molecule has 1 aromatic carbocycles. The van der Waals surface area contributed by atoms with E-state index in [9.17, 15) is 13.6 Å². The van der Waals surface area contributed by atoms with Crippen LogP contribution in [-0.4, -0.2) is 33.6 Å². The van der Waals surface area contributed by atoms with Gasteiger partial charge in [-0.3, -0.25) is 4.68 Å². The van der Waals surface area contributed by atoms with Crippen molar-refractivity contribution >= 4 is 46.8 Å². The summed E-state index contributed by atoms with van der Waals surface area (Å²) in [5, 5.41) is 8.57. The summed E-state index contributed by atoms with van der Waals surface area (Å²) >= 11 is 13.7. The maximum Gasteiger partial charge on any atom is 0.385 e. The molecule has 0 radical (unpaired) electrons. The number of rotatable bonds is 8. The lowest BCUT2D eigenvalue weighted by molar-refractivity contribution is 0.0506. The van der Waals surface area contributed by atoms with Gasteiger partial charge in [-0.1, -0.05) is 34.4 Å². The van der Waals surface area contributed by atoms with Gasteiger partial charge >= 0.3 is 5.97 Å². The van der Waals surface area contributed by atoms with Gasteiger partial charge < -0.3 is 10.6 Å². The molecule has 0 spiro atoms. The lowest BCUT2D eigenvalue weighted by Crippen LogP contribution is -2.30. The quantitative estimate of drug-likeness (QED) is 0.267. The lowest BCUT2D eigenvalue weighted by atomic mass is 9.95. The van der Waals surface area contributed by atoms with Gasteiger partial charge in [0.15, 0.2) is 11.5 Å². The normalized spacial score (nSPS) is 15.6. The van der Waals surface area contributed by atoms with E-state index in [4.69, 9.17) is 33.8 Å². The Kier molecular flexibility index (Phi) is 6.70. The zero-order valence-electron chi connectivity index (χ0n) is 15.4. The monoisotopic (exact) mass is 462 g/mol. The topological polar surface area (TPSA) is 82.5 Å². The number of oxime groups is 1. The minimum atomic E-state index is -2.76. The molecule has 1 heterocycles. The molecule has 1 fully saturated rings. The average Bonchev–Trinajstić information content (AvgIpc) is 3.36. The Balaban J connectivity index is 1.76. The van der Waals surface area contributed by atoms with E-state index >= 15 is 0 Å². The fourth-order valence-electron chi connectivity index (χ4n) is 2.95. The van der Waals surface area contributed by atoms with Crippen molar-refractivity contribution in [3.05, 3.63) is 51.3 Å². The SMILES string of the molecule is CSCCn1nc(C(=O)O/N=C(\N)C2(c3ccc(Cl)cc3Cl)CC2)cc1C(F)F. The number of nitrogens with two attached hydrogens (primary N) is 1. The fourth-order valence-corrected chi connectivity index (χ4v) is 3.90. The van der Waals surface area contributed by atoms with Gasteiger partial charge in [-0.2, -0.15) is 16.9 Å². The Hall–Kier alpha value is -1.84. The van der Waals surface area contributed by atoms with Crippen LogP contribution in [0.2, 0.25) is 10.0 Å². The molecule has 1 aromatic heterocycles. The molecule has 29 heavy (non-hydrogen) atoms. The molecule has 156 valence electrons. The van der Waals surface area contributed by atoms with Crippen molar-refractivity contribution in [3.8, 4) is 0 Å². The number of halogens is 4. The number of amidine groups is 1. The zero-order chi connectivity index (χ0) is 21.2. The smallest absolute Gasteiger partial charge is 0.384 e. The van der Waals surface area contributed by atoms with Crippen LogP contribution in [0.4, 0.5) is 8.78 Å². The summed E-state index contributed by atoms with van der Waals surface area (Å²) in [6, 6.07) is 6.05. The molecule has 1 aliphatic rings. The zero-order valence-corrected chi connectivity index (χ0v) is 17.7. The van der Waals surface area contributed by atoms with E-state index in [2.05, 4.69) is 10.3 Å². The van der Waals surface area contributed by atoms with Crippen LogP contribution in [0.25, 0.3) is 0 Å². The molecule has 3 rings (SSSR count). The molecular formula is C18H18Cl2F2N4O2S. The molecular weight excluding hydrogens is 445 g/mol. The second-order valence-electron chi connectivity index (χ2n) is 6.53. The molecule has 6 nitrogen and oxygen atoms in total. The lowest BCUT2D eigenvalue weighted by Gasteiger charge is -2.16. The molecule has 0 amide bonds. The van der Waals surface area contributed by atoms with Crippen molar-refractivity contribution < 1.29 is 18.4 Å². The predicted octanol–water partition coefficient (Wildman–Crippen LogP) is 4.65. The van der Waals surface area contributed by atoms with E-state index in [0.717, 1.165) is 16.3 Å². The maximum atomic E-state index is 13.2. The number of carbonyl (C=O) groups excluding carboxylic acids is 1. The number of nitrogens with zero attached hydrogens (tertiary/aromatic N) is 3. The molecule has 0 saturated heterocycles. The number of aromatic nitrogens is 2. The number of carbonyl (C=O) groups is 1. The van der Waals surface area contributed by atoms with E-state index in [1.165, 1.54) is 11.8 Å². The Labute approximate surface area is 180 Å². The first-order valence-electron chi connectivity index (χ1n) is 8.64. The summed E-state index contributed by atoms with van der Waals surface area (Å²) < 4.78 is 27.4. The number of benzene rings is 1. The van der Waals surface area contributed by atoms with Crippen LogP contribution >= 0.6 is 35.0 Å². The van der Waals surface area contributed by atoms with Crippen LogP contribution in [-0.2, 0) is 16.8 Å². The van der Waals surface area contributed by atoms with E-state index < -0.39 is 17.8 Å². The average molecular weight is 463 g/mol. The number of thioether (sulfide) groups is 1. The van der Waals surface area contributed by atoms with Crippen molar-refractivity contribution in [3.63, 3.8) is 0 Å². The molecule has 0 bridgehead atoms. The molecule has 0 atom stereocenters. The summed E-state index contributed by atoms with van der Waals surface area (Å²) in [5.41, 5.74) is 5.56. The van der Waals surface area contributed by atoms with Gasteiger partial charge in [-0.25, -0.2) is 13.6 Å². The van der Waals surface area contributed by atoms with Crippen LogP contribution in [0, 0.1) is 0 Å². The van der Waals surface area contributed by atoms with E-state index in [-0.39, 0.29) is 23.8 Å². The van der Waals surface area contributed by atoms with E-state index in [1.54, 1.807) is 18.2 Å². The Morgan fingerprint density at radius 3 is 2.72 bits per heavy atom.